The number of hydrogen-bond acceptors (Lipinski definition) is 0. The van der Waals surface area contributed by atoms with Gasteiger partial charge in [-0.2, -0.15) is 0 Å². The van der Waals surface area contributed by atoms with E-state index in [2.05, 4.69) is 36.4 Å². The van der Waals surface area contributed by atoms with Crippen LogP contribution >= 0.6 is 22.6 Å². The largest absolute Gasteiger partial charge is 0.0861 e. The van der Waals surface area contributed by atoms with Crippen LogP contribution in [0.4, 0.5) is 0 Å². The van der Waals surface area contributed by atoms with Gasteiger partial charge in [-0.1, -0.05) is 81.4 Å². The van der Waals surface area contributed by atoms with E-state index >= 15 is 0 Å². The molecule has 0 saturated heterocycles. The molecule has 0 heterocycles. The lowest BCUT2D eigenvalue weighted by Crippen LogP contribution is -1.94. The molecule has 0 rings (SSSR count). The topological polar surface area (TPSA) is 0 Å². The average Bonchev–Trinajstić information content (AvgIpc) is 2.16. The average molecular weight is 296 g/mol. The highest BCUT2D eigenvalue weighted by atomic mass is 127. The molecule has 0 aromatic carbocycles. The Labute approximate surface area is 98.0 Å². The molecule has 0 nitrogen and oxygen atoms in total. The van der Waals surface area contributed by atoms with E-state index in [4.69, 9.17) is 0 Å². The van der Waals surface area contributed by atoms with E-state index in [1.807, 2.05) is 0 Å². The number of unbranched alkanes of at least 4 members (excludes halogenated alkanes) is 6. The maximum absolute atomic E-state index is 2.49. The minimum Gasteiger partial charge on any atom is -0.0861 e. The fourth-order valence-electron chi connectivity index (χ4n) is 1.53. The second-order valence-corrected chi connectivity index (χ2v) is 5.05. The molecule has 80 valence electrons. The van der Waals surface area contributed by atoms with Gasteiger partial charge in [0.1, 0.15) is 0 Å². The number of alkyl halides is 1. The Morgan fingerprint density at radius 3 is 2.00 bits per heavy atom. The van der Waals surface area contributed by atoms with Gasteiger partial charge in [-0.05, 0) is 12.3 Å². The van der Waals surface area contributed by atoms with E-state index < -0.39 is 0 Å². The molecular weight excluding hydrogens is 271 g/mol. The summed E-state index contributed by atoms with van der Waals surface area (Å²) in [5, 5.41) is 0. The third-order valence-corrected chi connectivity index (χ3v) is 4.07. The van der Waals surface area contributed by atoms with Gasteiger partial charge in [-0.15, -0.1) is 0 Å². The summed E-state index contributed by atoms with van der Waals surface area (Å²) >= 11 is 2.49. The highest BCUT2D eigenvalue weighted by Gasteiger charge is 1.98. The van der Waals surface area contributed by atoms with Crippen molar-refractivity contribution in [1.82, 2.24) is 0 Å². The molecule has 0 aromatic rings. The molecule has 0 aromatic heterocycles. The second kappa shape index (κ2) is 10.8. The van der Waals surface area contributed by atoms with Crippen LogP contribution in [-0.2, 0) is 0 Å². The van der Waals surface area contributed by atoms with E-state index in [0.29, 0.717) is 0 Å². The maximum Gasteiger partial charge on any atom is 0.00210 e. The first-order chi connectivity index (χ1) is 6.31. The molecule has 13 heavy (non-hydrogen) atoms. The zero-order chi connectivity index (χ0) is 9.94. The summed E-state index contributed by atoms with van der Waals surface area (Å²) < 4.78 is 1.33. The number of rotatable bonds is 9. The highest BCUT2D eigenvalue weighted by Crippen LogP contribution is 2.13. The fourth-order valence-corrected chi connectivity index (χ4v) is 1.97. The van der Waals surface area contributed by atoms with Crippen LogP contribution in [0.5, 0.6) is 0 Å². The molecule has 0 aliphatic heterocycles. The Morgan fingerprint density at radius 2 is 1.46 bits per heavy atom. The molecular formula is C12H25I. The summed E-state index contributed by atoms with van der Waals surface area (Å²) in [7, 11) is 0. The van der Waals surface area contributed by atoms with Crippen molar-refractivity contribution in [1.29, 1.82) is 0 Å². The molecule has 0 unspecified atom stereocenters. The lowest BCUT2D eigenvalue weighted by atomic mass is 10.0. The number of halogens is 1. The van der Waals surface area contributed by atoms with Crippen LogP contribution in [0.3, 0.4) is 0 Å². The van der Waals surface area contributed by atoms with Gasteiger partial charge in [0.05, 0.1) is 0 Å². The lowest BCUT2D eigenvalue weighted by molar-refractivity contribution is 0.519. The first-order valence-corrected chi connectivity index (χ1v) is 7.39. The highest BCUT2D eigenvalue weighted by molar-refractivity contribution is 14.1. The van der Waals surface area contributed by atoms with Crippen LogP contribution in [0.15, 0.2) is 0 Å². The minimum absolute atomic E-state index is 0.941. The molecule has 0 spiro atoms. The van der Waals surface area contributed by atoms with Crippen molar-refractivity contribution in [2.75, 3.05) is 4.43 Å². The summed E-state index contributed by atoms with van der Waals surface area (Å²) in [5.74, 6) is 0.941. The van der Waals surface area contributed by atoms with E-state index in [1.54, 1.807) is 0 Å². The van der Waals surface area contributed by atoms with Gasteiger partial charge in [0, 0.05) is 4.43 Å². The summed E-state index contributed by atoms with van der Waals surface area (Å²) in [5.41, 5.74) is 0. The monoisotopic (exact) mass is 296 g/mol. The smallest absolute Gasteiger partial charge is 0.00210 e. The maximum atomic E-state index is 2.49. The quantitative estimate of drug-likeness (QED) is 0.312. The van der Waals surface area contributed by atoms with Gasteiger partial charge < -0.3 is 0 Å². The Morgan fingerprint density at radius 1 is 0.923 bits per heavy atom. The van der Waals surface area contributed by atoms with Crippen molar-refractivity contribution in [3.05, 3.63) is 0 Å². The molecule has 0 saturated carbocycles. The van der Waals surface area contributed by atoms with Gasteiger partial charge in [-0.3, -0.25) is 0 Å². The summed E-state index contributed by atoms with van der Waals surface area (Å²) in [6, 6.07) is 0. The first kappa shape index (κ1) is 13.7. The Kier molecular flexibility index (Phi) is 11.4. The summed E-state index contributed by atoms with van der Waals surface area (Å²) in [4.78, 5) is 0. The zero-order valence-corrected chi connectivity index (χ0v) is 11.5. The lowest BCUT2D eigenvalue weighted by Gasteiger charge is -2.06. The Balaban J connectivity index is 2.91. The summed E-state index contributed by atoms with van der Waals surface area (Å²) in [6.45, 7) is 4.64. The molecule has 1 atom stereocenters. The molecule has 0 amide bonds. The predicted octanol–water partition coefficient (Wildman–Crippen LogP) is 5.20. The standard InChI is InChI=1S/C12H25I/c1-3-4-5-6-7-8-9-10-12(2)11-13/h12H,3-11H2,1-2H3/t12-/m1/s1. The van der Waals surface area contributed by atoms with E-state index in [9.17, 15) is 0 Å². The molecule has 0 N–H and O–H groups in total. The zero-order valence-electron chi connectivity index (χ0n) is 9.32. The van der Waals surface area contributed by atoms with Crippen LogP contribution in [0.25, 0.3) is 0 Å². The minimum atomic E-state index is 0.941. The van der Waals surface area contributed by atoms with Gasteiger partial charge in [0.25, 0.3) is 0 Å². The fraction of sp³-hybridized carbons (Fsp3) is 1.00. The van der Waals surface area contributed by atoms with E-state index in [-0.39, 0.29) is 0 Å². The van der Waals surface area contributed by atoms with E-state index in [1.165, 1.54) is 55.8 Å². The van der Waals surface area contributed by atoms with Crippen LogP contribution in [0.1, 0.15) is 65.2 Å². The van der Waals surface area contributed by atoms with Gasteiger partial charge in [-0.25, -0.2) is 0 Å². The molecule has 0 radical (unpaired) electrons. The van der Waals surface area contributed by atoms with Crippen molar-refractivity contribution in [3.63, 3.8) is 0 Å². The van der Waals surface area contributed by atoms with Gasteiger partial charge >= 0.3 is 0 Å². The van der Waals surface area contributed by atoms with Crippen molar-refractivity contribution in [2.45, 2.75) is 65.2 Å². The predicted molar refractivity (Wildman–Crippen MR) is 70.7 cm³/mol. The first-order valence-electron chi connectivity index (χ1n) is 5.87. The van der Waals surface area contributed by atoms with Crippen LogP contribution in [0, 0.1) is 5.92 Å². The molecule has 0 bridgehead atoms. The normalized spacial score (nSPS) is 13.2. The molecule has 0 aliphatic rings. The van der Waals surface area contributed by atoms with Gasteiger partial charge in [0.15, 0.2) is 0 Å². The third-order valence-electron chi connectivity index (χ3n) is 2.56. The van der Waals surface area contributed by atoms with Gasteiger partial charge in [0.2, 0.25) is 0 Å². The molecule has 0 aliphatic carbocycles. The Hall–Kier alpha value is 0.730. The molecule has 0 fully saturated rings. The summed E-state index contributed by atoms with van der Waals surface area (Å²) in [6.07, 6.45) is 11.5. The SMILES string of the molecule is CCCCCCCCC[C@@H](C)CI. The number of hydrogen-bond donors (Lipinski definition) is 0. The van der Waals surface area contributed by atoms with Crippen molar-refractivity contribution >= 4 is 22.6 Å². The van der Waals surface area contributed by atoms with Crippen molar-refractivity contribution < 1.29 is 0 Å². The van der Waals surface area contributed by atoms with Crippen molar-refractivity contribution in [3.8, 4) is 0 Å². The van der Waals surface area contributed by atoms with Crippen LogP contribution in [-0.4, -0.2) is 4.43 Å². The van der Waals surface area contributed by atoms with Crippen molar-refractivity contribution in [2.24, 2.45) is 5.92 Å². The Bertz CT molecular complexity index is 91.1. The van der Waals surface area contributed by atoms with Crippen LogP contribution in [0.2, 0.25) is 0 Å². The second-order valence-electron chi connectivity index (χ2n) is 4.17. The van der Waals surface area contributed by atoms with E-state index in [0.717, 1.165) is 5.92 Å². The third kappa shape index (κ3) is 10.7. The molecule has 1 heteroatoms. The van der Waals surface area contributed by atoms with Crippen LogP contribution < -0.4 is 0 Å².